The zero-order valence-corrected chi connectivity index (χ0v) is 12.0. The van der Waals surface area contributed by atoms with Gasteiger partial charge in [0.15, 0.2) is 0 Å². The van der Waals surface area contributed by atoms with Gasteiger partial charge in [-0.05, 0) is 32.6 Å². The average Bonchev–Trinajstić information content (AvgIpc) is 2.38. The maximum Gasteiger partial charge on any atom is 0.146 e. The largest absolute Gasteiger partial charge is 0.353 e. The van der Waals surface area contributed by atoms with Crippen LogP contribution in [-0.4, -0.2) is 53.8 Å². The number of thioether (sulfide) groups is 1. The highest BCUT2D eigenvalue weighted by Gasteiger charge is 2.23. The van der Waals surface area contributed by atoms with Gasteiger partial charge in [-0.1, -0.05) is 0 Å². The van der Waals surface area contributed by atoms with E-state index in [-0.39, 0.29) is 0 Å². The molecular formula is C13H20N4S. The minimum absolute atomic E-state index is 0.921. The van der Waals surface area contributed by atoms with E-state index in [9.17, 15) is 0 Å². The van der Waals surface area contributed by atoms with E-state index in [4.69, 9.17) is 4.98 Å². The van der Waals surface area contributed by atoms with Crippen molar-refractivity contribution in [1.29, 1.82) is 0 Å². The predicted molar refractivity (Wildman–Crippen MR) is 75.5 cm³/mol. The van der Waals surface area contributed by atoms with Gasteiger partial charge in [0.25, 0.3) is 0 Å². The van der Waals surface area contributed by atoms with E-state index in [0.29, 0.717) is 0 Å². The van der Waals surface area contributed by atoms with E-state index < -0.39 is 0 Å². The van der Waals surface area contributed by atoms with Crippen LogP contribution in [0.25, 0.3) is 0 Å². The second-order valence-corrected chi connectivity index (χ2v) is 6.22. The molecule has 2 aliphatic rings. The third kappa shape index (κ3) is 2.34. The molecule has 0 aliphatic carbocycles. The molecule has 0 N–H and O–H groups in total. The van der Waals surface area contributed by atoms with Crippen molar-refractivity contribution in [2.45, 2.75) is 24.7 Å². The standard InChI is InChI=1S/C13H20N4S/c1-10-14-11-4-3-9-18-12(11)13(15-10)17-7-5-16(2)6-8-17/h3-9H2,1-2H3. The summed E-state index contributed by atoms with van der Waals surface area (Å²) in [6.07, 6.45) is 2.36. The Morgan fingerprint density at radius 3 is 2.67 bits per heavy atom. The van der Waals surface area contributed by atoms with Gasteiger partial charge < -0.3 is 9.80 Å². The summed E-state index contributed by atoms with van der Waals surface area (Å²) in [6, 6.07) is 0. The first-order valence-corrected chi connectivity index (χ1v) is 7.66. The molecule has 18 heavy (non-hydrogen) atoms. The third-order valence-corrected chi connectivity index (χ3v) is 4.84. The molecule has 98 valence electrons. The Morgan fingerprint density at radius 1 is 1.11 bits per heavy atom. The van der Waals surface area contributed by atoms with Crippen LogP contribution in [0.4, 0.5) is 5.82 Å². The minimum atomic E-state index is 0.921. The van der Waals surface area contributed by atoms with E-state index in [1.54, 1.807) is 0 Å². The van der Waals surface area contributed by atoms with Gasteiger partial charge in [-0.25, -0.2) is 9.97 Å². The lowest BCUT2D eigenvalue weighted by atomic mass is 10.2. The zero-order chi connectivity index (χ0) is 12.5. The molecule has 1 aromatic heterocycles. The number of hydrogen-bond donors (Lipinski definition) is 0. The minimum Gasteiger partial charge on any atom is -0.353 e. The molecule has 0 bridgehead atoms. The maximum atomic E-state index is 4.71. The molecule has 0 aromatic carbocycles. The summed E-state index contributed by atoms with van der Waals surface area (Å²) in [5.41, 5.74) is 1.27. The molecule has 3 rings (SSSR count). The van der Waals surface area contributed by atoms with Crippen molar-refractivity contribution < 1.29 is 0 Å². The first-order chi connectivity index (χ1) is 8.74. The van der Waals surface area contributed by atoms with Crippen LogP contribution in [0.3, 0.4) is 0 Å². The van der Waals surface area contributed by atoms with Gasteiger partial charge in [0.1, 0.15) is 11.6 Å². The molecule has 4 nitrogen and oxygen atoms in total. The van der Waals surface area contributed by atoms with Gasteiger partial charge in [0.05, 0.1) is 10.6 Å². The topological polar surface area (TPSA) is 32.3 Å². The van der Waals surface area contributed by atoms with Gasteiger partial charge in [0.2, 0.25) is 0 Å². The van der Waals surface area contributed by atoms with Crippen LogP contribution in [-0.2, 0) is 6.42 Å². The van der Waals surface area contributed by atoms with Gasteiger partial charge in [-0.3, -0.25) is 0 Å². The van der Waals surface area contributed by atoms with E-state index >= 15 is 0 Å². The number of anilines is 1. The highest BCUT2D eigenvalue weighted by atomic mass is 32.2. The monoisotopic (exact) mass is 264 g/mol. The number of aryl methyl sites for hydroxylation is 2. The summed E-state index contributed by atoms with van der Waals surface area (Å²) in [7, 11) is 2.19. The van der Waals surface area contributed by atoms with E-state index in [1.165, 1.54) is 28.6 Å². The van der Waals surface area contributed by atoms with Crippen LogP contribution in [0.2, 0.25) is 0 Å². The SMILES string of the molecule is Cc1nc2c(c(N3CCN(C)CC3)n1)SCCC2. The lowest BCUT2D eigenvalue weighted by molar-refractivity contribution is 0.311. The van der Waals surface area contributed by atoms with E-state index in [1.807, 2.05) is 18.7 Å². The van der Waals surface area contributed by atoms with Crippen LogP contribution in [0.5, 0.6) is 0 Å². The molecule has 0 atom stereocenters. The lowest BCUT2D eigenvalue weighted by Crippen LogP contribution is -2.45. The van der Waals surface area contributed by atoms with E-state index in [2.05, 4.69) is 21.8 Å². The van der Waals surface area contributed by atoms with Crippen molar-refractivity contribution >= 4 is 17.6 Å². The predicted octanol–water partition coefficient (Wildman–Crippen LogP) is 1.58. The van der Waals surface area contributed by atoms with E-state index in [0.717, 1.165) is 38.4 Å². The second-order valence-electron chi connectivity index (χ2n) is 5.11. The number of piperazine rings is 1. The first kappa shape index (κ1) is 12.2. The number of aromatic nitrogens is 2. The fraction of sp³-hybridized carbons (Fsp3) is 0.692. The van der Waals surface area contributed by atoms with Crippen molar-refractivity contribution in [3.8, 4) is 0 Å². The lowest BCUT2D eigenvalue weighted by Gasteiger charge is -2.35. The van der Waals surface area contributed by atoms with Crippen LogP contribution in [0.1, 0.15) is 17.9 Å². The highest BCUT2D eigenvalue weighted by molar-refractivity contribution is 7.99. The molecular weight excluding hydrogens is 244 g/mol. The van der Waals surface area contributed by atoms with Crippen LogP contribution in [0, 0.1) is 6.92 Å². The molecule has 5 heteroatoms. The Hall–Kier alpha value is -0.810. The molecule has 3 heterocycles. The Balaban J connectivity index is 1.93. The smallest absolute Gasteiger partial charge is 0.146 e. The Kier molecular flexibility index (Phi) is 3.43. The second kappa shape index (κ2) is 5.05. The molecule has 2 aliphatic heterocycles. The number of hydrogen-bond acceptors (Lipinski definition) is 5. The van der Waals surface area contributed by atoms with Gasteiger partial charge in [0, 0.05) is 26.2 Å². The summed E-state index contributed by atoms with van der Waals surface area (Å²) in [5.74, 6) is 3.32. The molecule has 0 unspecified atom stereocenters. The summed E-state index contributed by atoms with van der Waals surface area (Å²) in [5, 5.41) is 0. The number of fused-ring (bicyclic) bond motifs is 1. The van der Waals surface area contributed by atoms with Gasteiger partial charge in [-0.15, -0.1) is 11.8 Å². The average molecular weight is 264 g/mol. The van der Waals surface area contributed by atoms with Crippen molar-refractivity contribution in [1.82, 2.24) is 14.9 Å². The molecule has 1 fully saturated rings. The molecule has 0 spiro atoms. The number of likely N-dealkylation sites (N-methyl/N-ethyl adjacent to an activating group) is 1. The van der Waals surface area contributed by atoms with Gasteiger partial charge in [-0.2, -0.15) is 0 Å². The Morgan fingerprint density at radius 2 is 1.89 bits per heavy atom. The Bertz CT molecular complexity index is 441. The number of nitrogens with zero attached hydrogens (tertiary/aromatic N) is 4. The maximum absolute atomic E-state index is 4.71. The van der Waals surface area contributed by atoms with Crippen molar-refractivity contribution in [2.24, 2.45) is 0 Å². The zero-order valence-electron chi connectivity index (χ0n) is 11.1. The van der Waals surface area contributed by atoms with Crippen molar-refractivity contribution in [3.63, 3.8) is 0 Å². The summed E-state index contributed by atoms with van der Waals surface area (Å²) >= 11 is 1.94. The molecule has 0 radical (unpaired) electrons. The molecule has 0 amide bonds. The van der Waals surface area contributed by atoms with Gasteiger partial charge >= 0.3 is 0 Å². The summed E-state index contributed by atoms with van der Waals surface area (Å²) in [4.78, 5) is 15.5. The Labute approximate surface area is 113 Å². The first-order valence-electron chi connectivity index (χ1n) is 6.68. The van der Waals surface area contributed by atoms with Crippen LogP contribution in [0.15, 0.2) is 4.90 Å². The number of rotatable bonds is 1. The summed E-state index contributed by atoms with van der Waals surface area (Å²) in [6.45, 7) is 6.43. The summed E-state index contributed by atoms with van der Waals surface area (Å²) < 4.78 is 0. The quantitative estimate of drug-likeness (QED) is 0.769. The molecule has 1 saturated heterocycles. The fourth-order valence-corrected chi connectivity index (χ4v) is 3.68. The fourth-order valence-electron chi connectivity index (χ4n) is 2.57. The van der Waals surface area contributed by atoms with Crippen LogP contribution >= 0.6 is 11.8 Å². The van der Waals surface area contributed by atoms with Crippen molar-refractivity contribution in [2.75, 3.05) is 43.9 Å². The van der Waals surface area contributed by atoms with Crippen LogP contribution < -0.4 is 4.90 Å². The van der Waals surface area contributed by atoms with Crippen molar-refractivity contribution in [3.05, 3.63) is 11.5 Å². The highest BCUT2D eigenvalue weighted by Crippen LogP contribution is 2.36. The normalized spacial score (nSPS) is 20.9. The molecule has 0 saturated carbocycles. The third-order valence-electron chi connectivity index (χ3n) is 3.64. The molecule has 1 aromatic rings.